The maximum Gasteiger partial charge on any atom is 0.237 e. The minimum atomic E-state index is -0.605. The molecule has 206 valence electrons. The van der Waals surface area contributed by atoms with Crippen LogP contribution in [0.2, 0.25) is 0 Å². The second-order valence-corrected chi connectivity index (χ2v) is 11.6. The number of nitriles is 1. The molecule has 0 saturated heterocycles. The van der Waals surface area contributed by atoms with Crippen molar-refractivity contribution in [1.29, 1.82) is 5.26 Å². The Morgan fingerprint density at radius 2 is 1.71 bits per heavy atom. The number of thioether (sulfide) groups is 1. The number of anilines is 1. The van der Waals surface area contributed by atoms with E-state index in [4.69, 9.17) is 4.98 Å². The van der Waals surface area contributed by atoms with Crippen LogP contribution in [0.3, 0.4) is 0 Å². The van der Waals surface area contributed by atoms with Crippen molar-refractivity contribution in [1.82, 2.24) is 4.98 Å². The number of benzene rings is 3. The molecule has 0 aliphatic rings. The third kappa shape index (κ3) is 6.89. The average molecular weight is 590 g/mol. The van der Waals surface area contributed by atoms with Crippen LogP contribution in [0.15, 0.2) is 114 Å². The van der Waals surface area contributed by atoms with Gasteiger partial charge in [-0.05, 0) is 90.7 Å². The van der Waals surface area contributed by atoms with E-state index in [2.05, 4.69) is 11.4 Å². The van der Waals surface area contributed by atoms with Crippen LogP contribution in [0.25, 0.3) is 28.5 Å². The van der Waals surface area contributed by atoms with Gasteiger partial charge in [0.15, 0.2) is 5.78 Å². The van der Waals surface area contributed by atoms with E-state index < -0.39 is 5.25 Å². The van der Waals surface area contributed by atoms with Crippen LogP contribution < -0.4 is 5.32 Å². The zero-order valence-corrected chi connectivity index (χ0v) is 24.1. The number of thiophene rings is 1. The Labute approximate surface area is 251 Å². The molecule has 2 heterocycles. The molecule has 0 fully saturated rings. The minimum Gasteiger partial charge on any atom is -0.325 e. The number of allylic oxidation sites excluding steroid dienone is 1. The second-order valence-electron chi connectivity index (χ2n) is 9.26. The van der Waals surface area contributed by atoms with Gasteiger partial charge in [0.25, 0.3) is 0 Å². The van der Waals surface area contributed by atoms with E-state index in [9.17, 15) is 19.2 Å². The number of carbonyl (C=O) groups is 2. The van der Waals surface area contributed by atoms with Crippen LogP contribution in [0, 0.1) is 17.1 Å². The van der Waals surface area contributed by atoms with Gasteiger partial charge in [0.05, 0.1) is 16.5 Å². The molecular formula is C34H24FN3O2S2. The lowest BCUT2D eigenvalue weighted by Crippen LogP contribution is -2.22. The highest BCUT2D eigenvalue weighted by molar-refractivity contribution is 8.00. The lowest BCUT2D eigenvalue weighted by Gasteiger charge is -2.16. The zero-order valence-electron chi connectivity index (χ0n) is 22.5. The number of carbonyl (C=O) groups excluding carboxylic acids is 2. The summed E-state index contributed by atoms with van der Waals surface area (Å²) in [5, 5.41) is 14.7. The molecular weight excluding hydrogens is 566 g/mol. The topological polar surface area (TPSA) is 82.8 Å². The van der Waals surface area contributed by atoms with E-state index in [1.807, 2.05) is 53.9 Å². The number of amides is 1. The van der Waals surface area contributed by atoms with Crippen LogP contribution in [0.4, 0.5) is 10.1 Å². The van der Waals surface area contributed by atoms with E-state index in [-0.39, 0.29) is 17.5 Å². The quantitative estimate of drug-likeness (QED) is 0.106. The third-order valence-electron chi connectivity index (χ3n) is 6.36. The molecule has 5 aromatic rings. The lowest BCUT2D eigenvalue weighted by molar-refractivity contribution is -0.115. The maximum atomic E-state index is 13.6. The first-order valence-corrected chi connectivity index (χ1v) is 14.8. The van der Waals surface area contributed by atoms with Gasteiger partial charge in [0.2, 0.25) is 5.91 Å². The number of nitrogens with zero attached hydrogens (tertiary/aromatic N) is 2. The van der Waals surface area contributed by atoms with Gasteiger partial charge in [-0.2, -0.15) is 5.26 Å². The Morgan fingerprint density at radius 1 is 0.976 bits per heavy atom. The highest BCUT2D eigenvalue weighted by atomic mass is 32.2. The van der Waals surface area contributed by atoms with E-state index in [1.54, 1.807) is 60.7 Å². The fourth-order valence-electron chi connectivity index (χ4n) is 4.15. The standard InChI is InChI=1S/C34H24FN3O2S2/c1-22(33(40)37-27-15-11-25(12-16-27)32(39)18-17-28-8-5-19-41-28)42-34-30(21-36)29(23-6-3-2-4-7-23)20-31(38-34)24-9-13-26(35)14-10-24/h2-20,22H,1H3,(H,37,40)/b18-17+/t22-/m1/s1. The molecule has 1 N–H and O–H groups in total. The fourth-order valence-corrected chi connectivity index (χ4v) is 5.70. The van der Waals surface area contributed by atoms with Gasteiger partial charge in [-0.1, -0.05) is 48.2 Å². The molecule has 0 spiro atoms. The Kier molecular flexibility index (Phi) is 9.02. The van der Waals surface area contributed by atoms with Crippen molar-refractivity contribution in [2.75, 3.05) is 5.32 Å². The van der Waals surface area contributed by atoms with Crippen molar-refractivity contribution in [3.8, 4) is 28.5 Å². The fraction of sp³-hybridized carbons (Fsp3) is 0.0588. The number of pyridine rings is 1. The molecule has 5 nitrogen and oxygen atoms in total. The summed E-state index contributed by atoms with van der Waals surface area (Å²) in [5.74, 6) is -0.769. The SMILES string of the molecule is C[C@@H](Sc1nc(-c2ccc(F)cc2)cc(-c2ccccc2)c1C#N)C(=O)Nc1ccc(C(=O)/C=C/c2cccs2)cc1. The van der Waals surface area contributed by atoms with Crippen molar-refractivity contribution in [3.63, 3.8) is 0 Å². The van der Waals surface area contributed by atoms with E-state index in [0.717, 1.165) is 10.4 Å². The molecule has 0 radical (unpaired) electrons. The Hall–Kier alpha value is -4.84. The van der Waals surface area contributed by atoms with Crippen LogP contribution in [0.1, 0.15) is 27.7 Å². The largest absolute Gasteiger partial charge is 0.325 e. The van der Waals surface area contributed by atoms with E-state index in [0.29, 0.717) is 38.7 Å². The summed E-state index contributed by atoms with van der Waals surface area (Å²) in [6.45, 7) is 1.74. The van der Waals surface area contributed by atoms with Crippen LogP contribution in [0.5, 0.6) is 0 Å². The van der Waals surface area contributed by atoms with Crippen LogP contribution in [-0.4, -0.2) is 21.9 Å². The Balaban J connectivity index is 1.35. The van der Waals surface area contributed by atoms with Gasteiger partial charge in [-0.3, -0.25) is 9.59 Å². The number of ketones is 1. The number of rotatable bonds is 9. The molecule has 0 aliphatic heterocycles. The zero-order chi connectivity index (χ0) is 29.5. The summed E-state index contributed by atoms with van der Waals surface area (Å²) in [6.07, 6.45) is 3.31. The maximum absolute atomic E-state index is 13.6. The smallest absolute Gasteiger partial charge is 0.237 e. The van der Waals surface area contributed by atoms with Crippen LogP contribution in [-0.2, 0) is 4.79 Å². The van der Waals surface area contributed by atoms with Gasteiger partial charge in [0, 0.05) is 27.3 Å². The summed E-state index contributed by atoms with van der Waals surface area (Å²) in [4.78, 5) is 31.4. The first-order chi connectivity index (χ1) is 20.4. The summed E-state index contributed by atoms with van der Waals surface area (Å²) in [6, 6.07) is 30.1. The first kappa shape index (κ1) is 28.7. The van der Waals surface area contributed by atoms with Crippen molar-refractivity contribution in [3.05, 3.63) is 130 Å². The number of hydrogen-bond donors (Lipinski definition) is 1. The summed E-state index contributed by atoms with van der Waals surface area (Å²) < 4.78 is 13.6. The van der Waals surface area contributed by atoms with E-state index >= 15 is 0 Å². The van der Waals surface area contributed by atoms with Gasteiger partial charge < -0.3 is 5.32 Å². The monoisotopic (exact) mass is 589 g/mol. The number of hydrogen-bond acceptors (Lipinski definition) is 6. The first-order valence-electron chi connectivity index (χ1n) is 13.0. The van der Waals surface area contributed by atoms with E-state index in [1.165, 1.54) is 30.0 Å². The highest BCUT2D eigenvalue weighted by Crippen LogP contribution is 2.36. The van der Waals surface area contributed by atoms with Crippen LogP contribution >= 0.6 is 23.1 Å². The predicted octanol–water partition coefficient (Wildman–Crippen LogP) is 8.50. The molecule has 8 heteroatoms. The highest BCUT2D eigenvalue weighted by Gasteiger charge is 2.22. The van der Waals surface area contributed by atoms with Crippen molar-refractivity contribution >= 4 is 46.6 Å². The van der Waals surface area contributed by atoms with Gasteiger partial charge in [0.1, 0.15) is 16.9 Å². The molecule has 0 saturated carbocycles. The summed E-state index contributed by atoms with van der Waals surface area (Å²) >= 11 is 2.72. The molecule has 1 amide bonds. The normalized spacial score (nSPS) is 11.6. The average Bonchev–Trinajstić information content (AvgIpc) is 3.54. The summed E-state index contributed by atoms with van der Waals surface area (Å²) in [5.41, 5.74) is 4.18. The molecule has 42 heavy (non-hydrogen) atoms. The van der Waals surface area contributed by atoms with Gasteiger partial charge in [-0.15, -0.1) is 11.3 Å². The number of nitrogens with one attached hydrogen (secondary N) is 1. The molecule has 2 aromatic heterocycles. The minimum absolute atomic E-state index is 0.129. The van der Waals surface area contributed by atoms with Crippen molar-refractivity contribution < 1.29 is 14.0 Å². The molecule has 3 aromatic carbocycles. The molecule has 1 atom stereocenters. The third-order valence-corrected chi connectivity index (χ3v) is 8.28. The Bertz CT molecular complexity index is 1780. The number of aromatic nitrogens is 1. The van der Waals surface area contributed by atoms with Gasteiger partial charge in [-0.25, -0.2) is 9.37 Å². The predicted molar refractivity (Wildman–Crippen MR) is 168 cm³/mol. The van der Waals surface area contributed by atoms with Gasteiger partial charge >= 0.3 is 0 Å². The molecule has 0 unspecified atom stereocenters. The lowest BCUT2D eigenvalue weighted by atomic mass is 9.99. The van der Waals surface area contributed by atoms with Crippen molar-refractivity contribution in [2.24, 2.45) is 0 Å². The Morgan fingerprint density at radius 3 is 2.38 bits per heavy atom. The molecule has 5 rings (SSSR count). The number of halogens is 1. The molecule has 0 aliphatic carbocycles. The second kappa shape index (κ2) is 13.2. The molecule has 0 bridgehead atoms. The summed E-state index contributed by atoms with van der Waals surface area (Å²) in [7, 11) is 0. The van der Waals surface area contributed by atoms with Crippen molar-refractivity contribution in [2.45, 2.75) is 17.2 Å².